The Morgan fingerprint density at radius 3 is 2.73 bits per heavy atom. The molecule has 0 aliphatic rings. The molecule has 1 aromatic carbocycles. The van der Waals surface area contributed by atoms with E-state index in [-0.39, 0.29) is 11.6 Å². The molecular weight excluding hydrogens is 194 g/mol. The van der Waals surface area contributed by atoms with Crippen molar-refractivity contribution in [3.63, 3.8) is 0 Å². The molecule has 0 saturated heterocycles. The molecule has 0 fully saturated rings. The number of oxazole rings is 1. The molecule has 0 bridgehead atoms. The van der Waals surface area contributed by atoms with Crippen molar-refractivity contribution in [2.45, 2.75) is 6.92 Å². The van der Waals surface area contributed by atoms with Gasteiger partial charge in [-0.25, -0.2) is 4.98 Å². The monoisotopic (exact) mass is 203 g/mol. The van der Waals surface area contributed by atoms with E-state index in [2.05, 4.69) is 4.98 Å². The van der Waals surface area contributed by atoms with E-state index in [1.165, 1.54) is 0 Å². The number of phenolic OH excluding ortho intramolecular Hbond substituents is 1. The Morgan fingerprint density at radius 1 is 1.40 bits per heavy atom. The number of carbonyl (C=O) groups excluding carboxylic acids is 1. The minimum atomic E-state index is 0.0192. The molecule has 2 aromatic rings. The maximum atomic E-state index is 10.5. The second-order valence-electron chi connectivity index (χ2n) is 3.09. The summed E-state index contributed by atoms with van der Waals surface area (Å²) in [6.45, 7) is 1.70. The van der Waals surface area contributed by atoms with Crippen molar-refractivity contribution < 1.29 is 14.3 Å². The van der Waals surface area contributed by atoms with Crippen molar-refractivity contribution >= 4 is 6.29 Å². The molecule has 0 amide bonds. The molecule has 0 spiro atoms. The number of benzene rings is 1. The number of phenols is 1. The molecule has 0 saturated carbocycles. The van der Waals surface area contributed by atoms with Gasteiger partial charge in [-0.1, -0.05) is 12.1 Å². The van der Waals surface area contributed by atoms with Gasteiger partial charge in [-0.2, -0.15) is 0 Å². The van der Waals surface area contributed by atoms with Gasteiger partial charge in [0.15, 0.2) is 0 Å². The van der Waals surface area contributed by atoms with Crippen molar-refractivity contribution in [3.05, 3.63) is 35.9 Å². The molecule has 4 heteroatoms. The van der Waals surface area contributed by atoms with E-state index >= 15 is 0 Å². The van der Waals surface area contributed by atoms with Crippen LogP contribution in [0.5, 0.6) is 5.75 Å². The van der Waals surface area contributed by atoms with Crippen LogP contribution in [0, 0.1) is 6.92 Å². The van der Waals surface area contributed by atoms with Crippen LogP contribution < -0.4 is 0 Å². The van der Waals surface area contributed by atoms with Crippen molar-refractivity contribution in [3.8, 4) is 17.0 Å². The van der Waals surface area contributed by atoms with Gasteiger partial charge in [-0.15, -0.1) is 0 Å². The number of rotatable bonds is 2. The first-order valence-corrected chi connectivity index (χ1v) is 4.43. The summed E-state index contributed by atoms with van der Waals surface area (Å²) < 4.78 is 5.08. The first-order valence-electron chi connectivity index (χ1n) is 4.43. The second kappa shape index (κ2) is 3.57. The van der Waals surface area contributed by atoms with E-state index in [0.717, 1.165) is 0 Å². The minimum Gasteiger partial charge on any atom is -0.507 e. The summed E-state index contributed by atoms with van der Waals surface area (Å²) in [6, 6.07) is 6.78. The summed E-state index contributed by atoms with van der Waals surface area (Å²) in [5, 5.41) is 9.60. The van der Waals surface area contributed by atoms with Gasteiger partial charge in [0.25, 0.3) is 5.89 Å². The number of aldehydes is 1. The first-order chi connectivity index (χ1) is 7.22. The second-order valence-corrected chi connectivity index (χ2v) is 3.09. The van der Waals surface area contributed by atoms with Crippen molar-refractivity contribution in [1.82, 2.24) is 4.98 Å². The summed E-state index contributed by atoms with van der Waals surface area (Å²) in [7, 11) is 0. The van der Waals surface area contributed by atoms with Crippen LogP contribution in [0.25, 0.3) is 11.3 Å². The molecular formula is C11H9NO3. The summed E-state index contributed by atoms with van der Waals surface area (Å²) in [5.41, 5.74) is 1.06. The zero-order valence-electron chi connectivity index (χ0n) is 8.10. The quantitative estimate of drug-likeness (QED) is 0.759. The third-order valence-electron chi connectivity index (χ3n) is 2.07. The molecule has 2 rings (SSSR count). The van der Waals surface area contributed by atoms with E-state index in [9.17, 15) is 9.90 Å². The zero-order valence-corrected chi connectivity index (χ0v) is 8.10. The van der Waals surface area contributed by atoms with Crippen LogP contribution in [-0.4, -0.2) is 16.4 Å². The van der Waals surface area contributed by atoms with Gasteiger partial charge in [-0.3, -0.25) is 4.79 Å². The molecule has 0 aliphatic carbocycles. The summed E-state index contributed by atoms with van der Waals surface area (Å²) >= 11 is 0. The van der Waals surface area contributed by atoms with Gasteiger partial charge in [-0.05, 0) is 19.1 Å². The van der Waals surface area contributed by atoms with Gasteiger partial charge in [0.05, 0.1) is 0 Å². The standard InChI is InChI=1S/C11H9NO3/c1-7-11(12-10(6-13)15-7)8-4-2-3-5-9(8)14/h2-6,14H,1H3. The lowest BCUT2D eigenvalue weighted by Crippen LogP contribution is -1.82. The van der Waals surface area contributed by atoms with Gasteiger partial charge >= 0.3 is 0 Å². The van der Waals surface area contributed by atoms with Crippen LogP contribution >= 0.6 is 0 Å². The smallest absolute Gasteiger partial charge is 0.260 e. The highest BCUT2D eigenvalue weighted by atomic mass is 16.4. The third kappa shape index (κ3) is 1.61. The average molecular weight is 203 g/mol. The van der Waals surface area contributed by atoms with Crippen LogP contribution in [-0.2, 0) is 0 Å². The molecule has 1 N–H and O–H groups in total. The predicted octanol–water partition coefficient (Wildman–Crippen LogP) is 2.17. The molecule has 4 nitrogen and oxygen atoms in total. The Labute approximate surface area is 86.2 Å². The predicted molar refractivity (Wildman–Crippen MR) is 53.7 cm³/mol. The van der Waals surface area contributed by atoms with Crippen LogP contribution in [0.4, 0.5) is 0 Å². The van der Waals surface area contributed by atoms with Gasteiger partial charge in [0, 0.05) is 5.56 Å². The van der Waals surface area contributed by atoms with E-state index < -0.39 is 0 Å². The number of hydrogen-bond acceptors (Lipinski definition) is 4. The fraction of sp³-hybridized carbons (Fsp3) is 0.0909. The average Bonchev–Trinajstić information content (AvgIpc) is 2.60. The maximum Gasteiger partial charge on any atom is 0.260 e. The lowest BCUT2D eigenvalue weighted by Gasteiger charge is -1.99. The molecule has 76 valence electrons. The zero-order chi connectivity index (χ0) is 10.8. The fourth-order valence-electron chi connectivity index (χ4n) is 1.39. The number of aromatic hydroxyl groups is 1. The van der Waals surface area contributed by atoms with Crippen LogP contribution in [0.15, 0.2) is 28.7 Å². The largest absolute Gasteiger partial charge is 0.507 e. The Kier molecular flexibility index (Phi) is 2.25. The number of carbonyl (C=O) groups is 1. The molecule has 15 heavy (non-hydrogen) atoms. The normalized spacial score (nSPS) is 10.2. The molecule has 1 heterocycles. The number of aromatic nitrogens is 1. The van der Waals surface area contributed by atoms with Crippen LogP contribution in [0.1, 0.15) is 16.4 Å². The van der Waals surface area contributed by atoms with E-state index in [1.807, 2.05) is 0 Å². The van der Waals surface area contributed by atoms with Gasteiger partial charge < -0.3 is 9.52 Å². The lowest BCUT2D eigenvalue weighted by molar-refractivity contribution is 0.109. The Morgan fingerprint density at radius 2 is 2.13 bits per heavy atom. The number of hydrogen-bond donors (Lipinski definition) is 1. The SMILES string of the molecule is Cc1oc(C=O)nc1-c1ccccc1O. The molecule has 0 aliphatic heterocycles. The van der Waals surface area contributed by atoms with E-state index in [0.29, 0.717) is 23.3 Å². The van der Waals surface area contributed by atoms with Crippen LogP contribution in [0.2, 0.25) is 0 Å². The summed E-state index contributed by atoms with van der Waals surface area (Å²) in [6.07, 6.45) is 0.538. The van der Waals surface area contributed by atoms with Gasteiger partial charge in [0.2, 0.25) is 6.29 Å². The van der Waals surface area contributed by atoms with E-state index in [4.69, 9.17) is 4.42 Å². The maximum absolute atomic E-state index is 10.5. The Bertz CT molecular complexity index is 502. The van der Waals surface area contributed by atoms with Crippen molar-refractivity contribution in [1.29, 1.82) is 0 Å². The lowest BCUT2D eigenvalue weighted by atomic mass is 10.1. The van der Waals surface area contributed by atoms with Crippen molar-refractivity contribution in [2.24, 2.45) is 0 Å². The summed E-state index contributed by atoms with van der Waals surface area (Å²) in [5.74, 6) is 0.649. The van der Waals surface area contributed by atoms with Crippen molar-refractivity contribution in [2.75, 3.05) is 0 Å². The van der Waals surface area contributed by atoms with Crippen LogP contribution in [0.3, 0.4) is 0 Å². The van der Waals surface area contributed by atoms with E-state index in [1.54, 1.807) is 31.2 Å². The highest BCUT2D eigenvalue weighted by molar-refractivity contribution is 5.73. The minimum absolute atomic E-state index is 0.0192. The third-order valence-corrected chi connectivity index (χ3v) is 2.07. The highest BCUT2D eigenvalue weighted by Gasteiger charge is 2.13. The topological polar surface area (TPSA) is 63.3 Å². The number of aryl methyl sites for hydroxylation is 1. The first kappa shape index (κ1) is 9.45. The molecule has 1 aromatic heterocycles. The molecule has 0 atom stereocenters. The Balaban J connectivity index is 2.58. The van der Waals surface area contributed by atoms with Gasteiger partial charge in [0.1, 0.15) is 17.2 Å². The highest BCUT2D eigenvalue weighted by Crippen LogP contribution is 2.30. The number of nitrogens with zero attached hydrogens (tertiary/aromatic N) is 1. The molecule has 0 unspecified atom stereocenters. The Hall–Kier alpha value is -2.10. The number of para-hydroxylation sites is 1. The molecule has 0 radical (unpaired) electrons. The fourth-order valence-corrected chi connectivity index (χ4v) is 1.39. The summed E-state index contributed by atoms with van der Waals surface area (Å²) in [4.78, 5) is 14.4.